The SMILES string of the molecule is C=CC(=O)Oc1ccc(/C=C/C2CCC(/C=C/c3ccc(OC(=O)C=C)cc3)CC2)cc1. The van der Waals surface area contributed by atoms with Gasteiger partial charge in [0.2, 0.25) is 0 Å². The molecule has 4 nitrogen and oxygen atoms in total. The minimum absolute atomic E-state index is 0.454. The summed E-state index contributed by atoms with van der Waals surface area (Å²) in [6.45, 7) is 6.79. The van der Waals surface area contributed by atoms with Gasteiger partial charge in [-0.15, -0.1) is 0 Å². The van der Waals surface area contributed by atoms with Gasteiger partial charge in [-0.05, 0) is 72.9 Å². The summed E-state index contributed by atoms with van der Waals surface area (Å²) in [5, 5.41) is 0. The number of allylic oxidation sites excluding steroid dienone is 2. The van der Waals surface area contributed by atoms with Crippen LogP contribution in [-0.4, -0.2) is 11.9 Å². The second kappa shape index (κ2) is 11.7. The first-order chi connectivity index (χ1) is 15.6. The molecule has 0 amide bonds. The lowest BCUT2D eigenvalue weighted by Gasteiger charge is -2.24. The number of benzene rings is 2. The molecule has 1 aliphatic rings. The number of ether oxygens (including phenoxy) is 2. The van der Waals surface area contributed by atoms with Crippen molar-refractivity contribution in [2.75, 3.05) is 0 Å². The molecule has 164 valence electrons. The molecule has 0 aromatic heterocycles. The molecule has 3 rings (SSSR count). The van der Waals surface area contributed by atoms with Gasteiger partial charge in [-0.3, -0.25) is 0 Å². The Labute approximate surface area is 189 Å². The second-order valence-electron chi connectivity index (χ2n) is 7.78. The van der Waals surface area contributed by atoms with E-state index in [0.717, 1.165) is 49.0 Å². The van der Waals surface area contributed by atoms with Crippen molar-refractivity contribution in [1.82, 2.24) is 0 Å². The summed E-state index contributed by atoms with van der Waals surface area (Å²) in [5.41, 5.74) is 2.18. The molecule has 1 fully saturated rings. The lowest BCUT2D eigenvalue weighted by molar-refractivity contribution is -0.129. The first-order valence-electron chi connectivity index (χ1n) is 10.8. The van der Waals surface area contributed by atoms with Crippen LogP contribution >= 0.6 is 0 Å². The zero-order valence-corrected chi connectivity index (χ0v) is 18.1. The van der Waals surface area contributed by atoms with Crippen LogP contribution in [-0.2, 0) is 9.59 Å². The van der Waals surface area contributed by atoms with E-state index < -0.39 is 11.9 Å². The maximum atomic E-state index is 11.2. The lowest BCUT2D eigenvalue weighted by Crippen LogP contribution is -2.11. The standard InChI is InChI=1S/C28H28O4/c1-3-27(29)31-25-17-13-23(14-18-25)11-9-21-5-7-22(8-6-21)10-12-24-15-19-26(20-16-24)32-28(30)4-2/h3-4,9-22H,1-2,5-8H2/b11-9+,12-10+. The Balaban J connectivity index is 1.44. The van der Waals surface area contributed by atoms with Crippen LogP contribution < -0.4 is 9.47 Å². The molecule has 0 radical (unpaired) electrons. The molecule has 0 unspecified atom stereocenters. The Morgan fingerprint density at radius 2 is 1.00 bits per heavy atom. The molecule has 0 aliphatic heterocycles. The van der Waals surface area contributed by atoms with Gasteiger partial charge in [-0.25, -0.2) is 9.59 Å². The minimum atomic E-state index is -0.454. The molecule has 0 bridgehead atoms. The third-order valence-electron chi connectivity index (χ3n) is 5.47. The summed E-state index contributed by atoms with van der Waals surface area (Å²) < 4.78 is 10.2. The third-order valence-corrected chi connectivity index (χ3v) is 5.47. The molecule has 0 saturated heterocycles. The molecule has 1 saturated carbocycles. The Morgan fingerprint density at radius 1 is 0.656 bits per heavy atom. The van der Waals surface area contributed by atoms with Crippen LogP contribution in [0, 0.1) is 11.8 Å². The molecule has 2 aromatic carbocycles. The molecule has 32 heavy (non-hydrogen) atoms. The highest BCUT2D eigenvalue weighted by molar-refractivity contribution is 5.83. The molecule has 4 heteroatoms. The number of rotatable bonds is 8. The maximum absolute atomic E-state index is 11.2. The van der Waals surface area contributed by atoms with Crippen LogP contribution in [0.2, 0.25) is 0 Å². The Morgan fingerprint density at radius 3 is 1.31 bits per heavy atom. The molecule has 0 atom stereocenters. The number of carbonyl (C=O) groups is 2. The third kappa shape index (κ3) is 7.24. The highest BCUT2D eigenvalue weighted by Gasteiger charge is 2.17. The van der Waals surface area contributed by atoms with Gasteiger partial charge in [0.05, 0.1) is 0 Å². The predicted octanol–water partition coefficient (Wildman–Crippen LogP) is 6.40. The van der Waals surface area contributed by atoms with Crippen molar-refractivity contribution >= 4 is 24.1 Å². The molecular weight excluding hydrogens is 400 g/mol. The topological polar surface area (TPSA) is 52.6 Å². The van der Waals surface area contributed by atoms with Gasteiger partial charge < -0.3 is 9.47 Å². The van der Waals surface area contributed by atoms with Gasteiger partial charge in [0, 0.05) is 12.2 Å². The average molecular weight is 429 g/mol. The summed E-state index contributed by atoms with van der Waals surface area (Å²) in [4.78, 5) is 22.5. The maximum Gasteiger partial charge on any atom is 0.335 e. The molecule has 0 spiro atoms. The van der Waals surface area contributed by atoms with Crippen molar-refractivity contribution in [3.8, 4) is 11.5 Å². The average Bonchev–Trinajstić information content (AvgIpc) is 2.83. The lowest BCUT2D eigenvalue weighted by atomic mass is 9.81. The first kappa shape index (κ1) is 23.0. The Kier molecular flexibility index (Phi) is 8.38. The van der Waals surface area contributed by atoms with E-state index >= 15 is 0 Å². The molecule has 0 heterocycles. The van der Waals surface area contributed by atoms with Gasteiger partial charge in [0.15, 0.2) is 0 Å². The molecule has 1 aliphatic carbocycles. The number of esters is 2. The van der Waals surface area contributed by atoms with Crippen LogP contribution in [0.3, 0.4) is 0 Å². The number of hydrogen-bond donors (Lipinski definition) is 0. The molecule has 0 N–H and O–H groups in total. The quantitative estimate of drug-likeness (QED) is 0.277. The Bertz CT molecular complexity index is 905. The van der Waals surface area contributed by atoms with Crippen LogP contribution in [0.4, 0.5) is 0 Å². The molecular formula is C28H28O4. The zero-order chi connectivity index (χ0) is 22.8. The summed E-state index contributed by atoms with van der Waals surface area (Å²) in [6.07, 6.45) is 15.8. The number of carbonyl (C=O) groups excluding carboxylic acids is 2. The van der Waals surface area contributed by atoms with E-state index in [4.69, 9.17) is 9.47 Å². The predicted molar refractivity (Wildman–Crippen MR) is 128 cm³/mol. The highest BCUT2D eigenvalue weighted by atomic mass is 16.5. The van der Waals surface area contributed by atoms with E-state index in [1.54, 1.807) is 24.3 Å². The first-order valence-corrected chi connectivity index (χ1v) is 10.8. The van der Waals surface area contributed by atoms with Gasteiger partial charge in [0.25, 0.3) is 0 Å². The van der Waals surface area contributed by atoms with E-state index in [1.807, 2.05) is 24.3 Å². The summed E-state index contributed by atoms with van der Waals surface area (Å²) in [7, 11) is 0. The van der Waals surface area contributed by atoms with Crippen molar-refractivity contribution in [2.45, 2.75) is 25.7 Å². The summed E-state index contributed by atoms with van der Waals surface area (Å²) in [5.74, 6) is 1.29. The monoisotopic (exact) mass is 428 g/mol. The van der Waals surface area contributed by atoms with Gasteiger partial charge >= 0.3 is 11.9 Å². The fourth-order valence-electron chi connectivity index (χ4n) is 3.63. The number of hydrogen-bond acceptors (Lipinski definition) is 4. The van der Waals surface area contributed by atoms with Gasteiger partial charge in [0.1, 0.15) is 11.5 Å². The van der Waals surface area contributed by atoms with Crippen molar-refractivity contribution in [1.29, 1.82) is 0 Å². The van der Waals surface area contributed by atoms with Crippen molar-refractivity contribution in [2.24, 2.45) is 11.8 Å². The van der Waals surface area contributed by atoms with E-state index in [0.29, 0.717) is 23.3 Å². The minimum Gasteiger partial charge on any atom is -0.423 e. The van der Waals surface area contributed by atoms with Crippen LogP contribution in [0.5, 0.6) is 11.5 Å². The fraction of sp³-hybridized carbons (Fsp3) is 0.214. The summed E-state index contributed by atoms with van der Waals surface area (Å²) >= 11 is 0. The van der Waals surface area contributed by atoms with E-state index in [1.165, 1.54) is 0 Å². The van der Waals surface area contributed by atoms with Crippen molar-refractivity contribution in [3.63, 3.8) is 0 Å². The van der Waals surface area contributed by atoms with Gasteiger partial charge in [-0.1, -0.05) is 61.7 Å². The van der Waals surface area contributed by atoms with E-state index in [9.17, 15) is 9.59 Å². The largest absolute Gasteiger partial charge is 0.423 e. The van der Waals surface area contributed by atoms with Crippen LogP contribution in [0.25, 0.3) is 12.2 Å². The Hall–Kier alpha value is -3.66. The van der Waals surface area contributed by atoms with Crippen LogP contribution in [0.15, 0.2) is 86.0 Å². The second-order valence-corrected chi connectivity index (χ2v) is 7.78. The zero-order valence-electron chi connectivity index (χ0n) is 18.1. The van der Waals surface area contributed by atoms with Crippen molar-refractivity contribution < 1.29 is 19.1 Å². The summed E-state index contributed by atoms with van der Waals surface area (Å²) in [6, 6.07) is 14.9. The van der Waals surface area contributed by atoms with Crippen molar-refractivity contribution in [3.05, 3.63) is 97.1 Å². The fourth-order valence-corrected chi connectivity index (χ4v) is 3.63. The normalized spacial score (nSPS) is 18.4. The van der Waals surface area contributed by atoms with Gasteiger partial charge in [-0.2, -0.15) is 0 Å². The smallest absolute Gasteiger partial charge is 0.335 e. The highest BCUT2D eigenvalue weighted by Crippen LogP contribution is 2.31. The van der Waals surface area contributed by atoms with Crippen LogP contribution in [0.1, 0.15) is 36.8 Å². The van der Waals surface area contributed by atoms with E-state index in [-0.39, 0.29) is 0 Å². The molecule has 2 aromatic rings. The van der Waals surface area contributed by atoms with E-state index in [2.05, 4.69) is 37.5 Å².